The summed E-state index contributed by atoms with van der Waals surface area (Å²) in [7, 11) is 0. The zero-order valence-corrected chi connectivity index (χ0v) is 6.16. The summed E-state index contributed by atoms with van der Waals surface area (Å²) in [4.78, 5) is 0. The monoisotopic (exact) mass is 136 g/mol. The lowest BCUT2D eigenvalue weighted by atomic mass is 9.93. The van der Waals surface area contributed by atoms with Crippen molar-refractivity contribution in [1.29, 1.82) is 0 Å². The molecule has 4 aliphatic carbocycles. The van der Waals surface area contributed by atoms with Gasteiger partial charge in [-0.3, -0.25) is 0 Å². The second kappa shape index (κ2) is 1.48. The molecule has 2 saturated carbocycles. The Morgan fingerprint density at radius 2 is 2.00 bits per heavy atom. The predicted molar refractivity (Wildman–Crippen MR) is 38.5 cm³/mol. The van der Waals surface area contributed by atoms with E-state index < -0.39 is 0 Å². The first kappa shape index (κ1) is 5.36. The fourth-order valence-corrected chi connectivity index (χ4v) is 2.56. The van der Waals surface area contributed by atoms with E-state index in [4.69, 9.17) is 4.74 Å². The smallest absolute Gasteiger partial charge is 0.0789 e. The molecule has 0 radical (unpaired) electrons. The molecule has 0 N–H and O–H groups in total. The summed E-state index contributed by atoms with van der Waals surface area (Å²) in [6.45, 7) is 2.95. The Morgan fingerprint density at radius 3 is 2.60 bits per heavy atom. The molecule has 0 saturated heterocycles. The first-order valence-electron chi connectivity index (χ1n) is 4.23. The molecule has 0 heterocycles. The van der Waals surface area contributed by atoms with Crippen molar-refractivity contribution in [2.45, 2.75) is 13.0 Å². The topological polar surface area (TPSA) is 9.23 Å². The van der Waals surface area contributed by atoms with Crippen molar-refractivity contribution in [3.05, 3.63) is 12.2 Å². The highest BCUT2D eigenvalue weighted by atomic mass is 16.5. The third-order valence-corrected chi connectivity index (χ3v) is 3.20. The standard InChI is InChI=1S/C9H12O/c1-2-10-6-4-3-5-7-8(5)9(6)7/h3-9H,2H2,1H3/t5?,6-,7+,8?,9?/m0/s1. The van der Waals surface area contributed by atoms with Crippen LogP contribution in [0.2, 0.25) is 0 Å². The van der Waals surface area contributed by atoms with Crippen LogP contribution in [0.4, 0.5) is 0 Å². The van der Waals surface area contributed by atoms with E-state index >= 15 is 0 Å². The van der Waals surface area contributed by atoms with E-state index in [-0.39, 0.29) is 0 Å². The second-order valence-corrected chi connectivity index (χ2v) is 3.61. The second-order valence-electron chi connectivity index (χ2n) is 3.61. The van der Waals surface area contributed by atoms with E-state index in [1.54, 1.807) is 0 Å². The Bertz CT molecular complexity index is 187. The Hall–Kier alpha value is -0.300. The van der Waals surface area contributed by atoms with Gasteiger partial charge in [0, 0.05) is 6.61 Å². The maximum atomic E-state index is 5.57. The molecule has 2 fully saturated rings. The summed E-state index contributed by atoms with van der Waals surface area (Å²) in [5.74, 6) is 4.04. The van der Waals surface area contributed by atoms with Crippen molar-refractivity contribution in [3.63, 3.8) is 0 Å². The molecule has 0 aromatic rings. The minimum atomic E-state index is 0.491. The van der Waals surface area contributed by atoms with Crippen LogP contribution in [-0.2, 0) is 4.74 Å². The summed E-state index contributed by atoms with van der Waals surface area (Å²) in [6, 6.07) is 0. The molecular weight excluding hydrogens is 124 g/mol. The SMILES string of the molecule is CCO[C@H]1C=CC2C3C1[C@H]23. The van der Waals surface area contributed by atoms with E-state index in [1.807, 2.05) is 0 Å². The fraction of sp³-hybridized carbons (Fsp3) is 0.778. The molecule has 0 spiro atoms. The van der Waals surface area contributed by atoms with E-state index in [0.29, 0.717) is 6.10 Å². The highest BCUT2D eigenvalue weighted by molar-refractivity contribution is 5.33. The van der Waals surface area contributed by atoms with Crippen LogP contribution >= 0.6 is 0 Å². The summed E-state index contributed by atoms with van der Waals surface area (Å²) in [6.07, 6.45) is 5.11. The van der Waals surface area contributed by atoms with Gasteiger partial charge in [-0.2, -0.15) is 0 Å². The molecule has 4 rings (SSSR count). The van der Waals surface area contributed by atoms with Gasteiger partial charge in [0.2, 0.25) is 0 Å². The molecule has 0 aliphatic heterocycles. The number of ether oxygens (including phenoxy) is 1. The van der Waals surface area contributed by atoms with Crippen LogP contribution in [0.1, 0.15) is 6.92 Å². The van der Waals surface area contributed by atoms with Crippen LogP contribution in [0.3, 0.4) is 0 Å². The van der Waals surface area contributed by atoms with Crippen molar-refractivity contribution in [1.82, 2.24) is 0 Å². The molecule has 0 aromatic carbocycles. The van der Waals surface area contributed by atoms with Crippen LogP contribution in [0.25, 0.3) is 0 Å². The van der Waals surface area contributed by atoms with Gasteiger partial charge in [-0.15, -0.1) is 0 Å². The number of allylic oxidation sites excluding steroid dienone is 1. The first-order chi connectivity index (χ1) is 4.93. The highest BCUT2D eigenvalue weighted by Gasteiger charge is 2.75. The Labute approximate surface area is 61.1 Å². The van der Waals surface area contributed by atoms with Crippen LogP contribution in [0.5, 0.6) is 0 Å². The third-order valence-electron chi connectivity index (χ3n) is 3.20. The molecular formula is C9H12O. The average Bonchev–Trinajstić information content (AvgIpc) is 2.75. The van der Waals surface area contributed by atoms with Crippen molar-refractivity contribution < 1.29 is 4.74 Å². The molecule has 2 bridgehead atoms. The Balaban J connectivity index is 1.76. The maximum absolute atomic E-state index is 5.57. The Kier molecular flexibility index (Phi) is 0.791. The van der Waals surface area contributed by atoms with Crippen molar-refractivity contribution >= 4 is 0 Å². The lowest BCUT2D eigenvalue weighted by Gasteiger charge is -2.22. The van der Waals surface area contributed by atoms with Crippen LogP contribution in [0, 0.1) is 23.7 Å². The van der Waals surface area contributed by atoms with Crippen molar-refractivity contribution in [2.75, 3.05) is 6.61 Å². The van der Waals surface area contributed by atoms with Gasteiger partial charge < -0.3 is 4.74 Å². The van der Waals surface area contributed by atoms with Crippen LogP contribution in [-0.4, -0.2) is 12.7 Å². The summed E-state index contributed by atoms with van der Waals surface area (Å²) in [5, 5.41) is 0. The van der Waals surface area contributed by atoms with Gasteiger partial charge in [0.15, 0.2) is 0 Å². The van der Waals surface area contributed by atoms with Crippen molar-refractivity contribution in [2.24, 2.45) is 23.7 Å². The summed E-state index contributed by atoms with van der Waals surface area (Å²) >= 11 is 0. The zero-order chi connectivity index (χ0) is 6.72. The molecule has 4 aliphatic rings. The van der Waals surface area contributed by atoms with E-state index in [0.717, 1.165) is 30.3 Å². The number of hydrogen-bond acceptors (Lipinski definition) is 1. The number of fused-ring (bicyclic) bond motifs is 1. The van der Waals surface area contributed by atoms with Gasteiger partial charge in [-0.1, -0.05) is 12.2 Å². The van der Waals surface area contributed by atoms with Crippen LogP contribution < -0.4 is 0 Å². The molecule has 1 heteroatoms. The zero-order valence-electron chi connectivity index (χ0n) is 6.16. The van der Waals surface area contributed by atoms with Gasteiger partial charge >= 0.3 is 0 Å². The first-order valence-corrected chi connectivity index (χ1v) is 4.23. The largest absolute Gasteiger partial charge is 0.374 e. The normalized spacial score (nSPS) is 59.9. The quantitative estimate of drug-likeness (QED) is 0.522. The molecule has 0 aromatic heterocycles. The third kappa shape index (κ3) is 0.450. The lowest BCUT2D eigenvalue weighted by Crippen LogP contribution is -2.23. The van der Waals surface area contributed by atoms with E-state index in [1.165, 1.54) is 0 Å². The van der Waals surface area contributed by atoms with Gasteiger partial charge in [0.05, 0.1) is 6.10 Å². The molecule has 3 unspecified atom stereocenters. The van der Waals surface area contributed by atoms with Gasteiger partial charge in [-0.25, -0.2) is 0 Å². The number of hydrogen-bond donors (Lipinski definition) is 0. The van der Waals surface area contributed by atoms with E-state index in [9.17, 15) is 0 Å². The summed E-state index contributed by atoms with van der Waals surface area (Å²) < 4.78 is 5.57. The molecule has 5 atom stereocenters. The molecule has 54 valence electrons. The van der Waals surface area contributed by atoms with Gasteiger partial charge in [-0.05, 0) is 30.6 Å². The summed E-state index contributed by atoms with van der Waals surface area (Å²) in [5.41, 5.74) is 0. The van der Waals surface area contributed by atoms with Crippen molar-refractivity contribution in [3.8, 4) is 0 Å². The molecule has 1 nitrogen and oxygen atoms in total. The fourth-order valence-electron chi connectivity index (χ4n) is 2.56. The highest BCUT2D eigenvalue weighted by Crippen LogP contribution is 2.77. The minimum Gasteiger partial charge on any atom is -0.374 e. The Morgan fingerprint density at radius 1 is 1.20 bits per heavy atom. The predicted octanol–water partition coefficient (Wildman–Crippen LogP) is 1.45. The van der Waals surface area contributed by atoms with Crippen LogP contribution in [0.15, 0.2) is 12.2 Å². The lowest BCUT2D eigenvalue weighted by molar-refractivity contribution is 0.0575. The van der Waals surface area contributed by atoms with E-state index in [2.05, 4.69) is 19.1 Å². The number of rotatable bonds is 2. The average molecular weight is 136 g/mol. The minimum absolute atomic E-state index is 0.491. The van der Waals surface area contributed by atoms with Gasteiger partial charge in [0.25, 0.3) is 0 Å². The molecule has 10 heavy (non-hydrogen) atoms. The maximum Gasteiger partial charge on any atom is 0.0789 e. The van der Waals surface area contributed by atoms with Gasteiger partial charge in [0.1, 0.15) is 0 Å². The molecule has 0 amide bonds.